The lowest BCUT2D eigenvalue weighted by Gasteiger charge is -2.43. The molecule has 0 saturated carbocycles. The predicted molar refractivity (Wildman–Crippen MR) is 174 cm³/mol. The first-order valence-electron chi connectivity index (χ1n) is 13.2. The van der Waals surface area contributed by atoms with Crippen LogP contribution in [0, 0.1) is 0 Å². The van der Waals surface area contributed by atoms with E-state index < -0.39 is 15.2 Å². The number of para-hydroxylation sites is 2. The van der Waals surface area contributed by atoms with E-state index in [1.807, 2.05) is 0 Å². The van der Waals surface area contributed by atoms with Gasteiger partial charge in [0.05, 0.1) is 0 Å². The van der Waals surface area contributed by atoms with E-state index in [4.69, 9.17) is 4.74 Å². The maximum Gasteiger partial charge on any atom is 0.139 e. The Hall–Kier alpha value is -0.0400. The number of hydrogen-bond donors (Lipinski definition) is 0. The molecule has 5 heteroatoms. The molecule has 200 valence electrons. The van der Waals surface area contributed by atoms with Crippen LogP contribution in [0.1, 0.15) is 108 Å². The second-order valence-corrected chi connectivity index (χ2v) is 27.2. The first kappa shape index (κ1) is 30.5. The van der Waals surface area contributed by atoms with E-state index in [1.165, 1.54) is 21.7 Å². The Morgan fingerprint density at radius 3 is 1.19 bits per heavy atom. The SMILES string of the molecule is CC(C)(C)PP(c1cccc2c1Oc1c(P(PC(C)(C)C)C(C)(C)C)cccc1C2(C)C)C(C)(C)C. The lowest BCUT2D eigenvalue weighted by Crippen LogP contribution is -2.32. The van der Waals surface area contributed by atoms with E-state index in [9.17, 15) is 0 Å². The van der Waals surface area contributed by atoms with Crippen molar-refractivity contribution in [3.63, 3.8) is 0 Å². The third kappa shape index (κ3) is 6.74. The smallest absolute Gasteiger partial charge is 0.139 e. The van der Waals surface area contributed by atoms with Crippen molar-refractivity contribution in [3.8, 4) is 11.5 Å². The van der Waals surface area contributed by atoms with Crippen LogP contribution in [-0.2, 0) is 5.41 Å². The number of benzene rings is 2. The zero-order valence-electron chi connectivity index (χ0n) is 25.3. The summed E-state index contributed by atoms with van der Waals surface area (Å²) in [5, 5.41) is 3.93. The molecule has 0 spiro atoms. The van der Waals surface area contributed by atoms with Crippen molar-refractivity contribution in [3.05, 3.63) is 47.5 Å². The molecule has 0 aromatic heterocycles. The summed E-state index contributed by atoms with van der Waals surface area (Å²) < 4.78 is 7.20. The lowest BCUT2D eigenvalue weighted by molar-refractivity contribution is 0.424. The quantitative estimate of drug-likeness (QED) is 0.337. The second-order valence-electron chi connectivity index (χ2n) is 14.8. The molecule has 1 aliphatic rings. The van der Waals surface area contributed by atoms with Gasteiger partial charge in [-0.1, -0.05) is 150 Å². The lowest BCUT2D eigenvalue weighted by atomic mass is 9.76. The molecule has 1 aliphatic heterocycles. The van der Waals surface area contributed by atoms with Gasteiger partial charge in [0.1, 0.15) is 11.5 Å². The van der Waals surface area contributed by atoms with Crippen LogP contribution in [0.15, 0.2) is 36.4 Å². The van der Waals surface area contributed by atoms with Crippen LogP contribution in [-0.4, -0.2) is 20.6 Å². The average Bonchev–Trinajstić information content (AvgIpc) is 2.67. The minimum absolute atomic E-state index is 0.0948. The van der Waals surface area contributed by atoms with Gasteiger partial charge in [0.15, 0.2) is 0 Å². The molecule has 0 saturated heterocycles. The molecule has 3 rings (SSSR count). The van der Waals surface area contributed by atoms with Crippen molar-refractivity contribution >= 4 is 42.4 Å². The highest BCUT2D eigenvalue weighted by atomic mass is 32.1. The van der Waals surface area contributed by atoms with Crippen molar-refractivity contribution in [2.45, 2.75) is 123 Å². The molecule has 36 heavy (non-hydrogen) atoms. The van der Waals surface area contributed by atoms with Gasteiger partial charge in [-0.15, -0.1) is 0 Å². The Balaban J connectivity index is 2.27. The van der Waals surface area contributed by atoms with Crippen molar-refractivity contribution in [2.24, 2.45) is 0 Å². The van der Waals surface area contributed by atoms with E-state index >= 15 is 0 Å². The normalized spacial score (nSPS) is 18.3. The number of rotatable bonds is 4. The predicted octanol–water partition coefficient (Wildman–Crippen LogP) is 10.7. The van der Waals surface area contributed by atoms with Gasteiger partial charge < -0.3 is 4.74 Å². The fourth-order valence-corrected chi connectivity index (χ4v) is 17.4. The first-order valence-corrected chi connectivity index (χ1v) is 19.6. The summed E-state index contributed by atoms with van der Waals surface area (Å²) in [6, 6.07) is 13.9. The summed E-state index contributed by atoms with van der Waals surface area (Å²) in [6.45, 7) is 33.7. The highest BCUT2D eigenvalue weighted by Gasteiger charge is 2.42. The van der Waals surface area contributed by atoms with Gasteiger partial charge in [-0.05, 0) is 35.8 Å². The summed E-state index contributed by atoms with van der Waals surface area (Å²) in [4.78, 5) is 0. The molecule has 1 nitrogen and oxygen atoms in total. The molecule has 1 heterocycles. The largest absolute Gasteiger partial charge is 0.455 e. The molecule has 0 radical (unpaired) electrons. The fraction of sp³-hybridized carbons (Fsp3) is 0.613. The number of ether oxygens (including phenoxy) is 1. The molecule has 0 aliphatic carbocycles. The van der Waals surface area contributed by atoms with E-state index in [0.717, 1.165) is 28.0 Å². The Bertz CT molecular complexity index is 1010. The minimum atomic E-state index is -0.390. The van der Waals surface area contributed by atoms with Crippen LogP contribution in [0.4, 0.5) is 0 Å². The Labute approximate surface area is 228 Å². The molecule has 4 atom stereocenters. The Morgan fingerprint density at radius 1 is 0.583 bits per heavy atom. The molecule has 4 unspecified atom stereocenters. The fourth-order valence-electron chi connectivity index (χ4n) is 4.70. The number of hydrogen-bond acceptors (Lipinski definition) is 1. The van der Waals surface area contributed by atoms with Gasteiger partial charge in [0.25, 0.3) is 0 Å². The minimum Gasteiger partial charge on any atom is -0.455 e. The van der Waals surface area contributed by atoms with Gasteiger partial charge in [-0.2, -0.15) is 0 Å². The number of fused-ring (bicyclic) bond motifs is 2. The Morgan fingerprint density at radius 2 is 0.917 bits per heavy atom. The molecular formula is C31H50OP4. The molecule has 2 aromatic rings. The zero-order valence-corrected chi connectivity index (χ0v) is 29.1. The van der Waals surface area contributed by atoms with Crippen LogP contribution in [0.5, 0.6) is 11.5 Å². The van der Waals surface area contributed by atoms with Crippen LogP contribution in [0.25, 0.3) is 0 Å². The average molecular weight is 563 g/mol. The molecule has 0 amide bonds. The highest BCUT2D eigenvalue weighted by Crippen LogP contribution is 2.71. The molecule has 0 N–H and O–H groups in total. The summed E-state index contributed by atoms with van der Waals surface area (Å²) in [5.74, 6) is 2.31. The summed E-state index contributed by atoms with van der Waals surface area (Å²) in [5.41, 5.74) is 2.60. The van der Waals surface area contributed by atoms with Gasteiger partial charge in [-0.3, -0.25) is 0 Å². The summed E-state index contributed by atoms with van der Waals surface area (Å²) in [6.07, 6.45) is 0. The molecule has 0 fully saturated rings. The van der Waals surface area contributed by atoms with Crippen LogP contribution < -0.4 is 15.3 Å². The van der Waals surface area contributed by atoms with Crippen LogP contribution in [0.2, 0.25) is 0 Å². The van der Waals surface area contributed by atoms with E-state index in [0.29, 0.717) is 10.3 Å². The highest BCUT2D eigenvalue weighted by molar-refractivity contribution is 8.26. The first-order chi connectivity index (χ1) is 16.1. The molecule has 2 aromatic carbocycles. The van der Waals surface area contributed by atoms with Gasteiger partial charge in [-0.25, -0.2) is 0 Å². The van der Waals surface area contributed by atoms with Crippen molar-refractivity contribution in [1.82, 2.24) is 0 Å². The molecule has 0 bridgehead atoms. The maximum atomic E-state index is 7.20. The van der Waals surface area contributed by atoms with E-state index in [2.05, 4.69) is 133 Å². The molecular weight excluding hydrogens is 512 g/mol. The van der Waals surface area contributed by atoms with Crippen molar-refractivity contribution in [2.75, 3.05) is 0 Å². The standard InChI is InChI=1S/C31H50OP4/c1-27(2,3)33-35(29(7,8)9)23-19-15-17-21-25(23)32-26-22(31(21,13)14)18-16-20-24(26)36(30(10,11)12)34-28(4,5)6/h15-20,33-34H,1-14H3. The topological polar surface area (TPSA) is 9.23 Å². The Kier molecular flexibility index (Phi) is 8.62. The van der Waals surface area contributed by atoms with Gasteiger partial charge >= 0.3 is 0 Å². The van der Waals surface area contributed by atoms with Gasteiger partial charge in [0.2, 0.25) is 0 Å². The zero-order chi connectivity index (χ0) is 27.5. The third-order valence-corrected chi connectivity index (χ3v) is 23.2. The maximum absolute atomic E-state index is 7.20. The van der Waals surface area contributed by atoms with E-state index in [-0.39, 0.29) is 15.7 Å². The summed E-state index contributed by atoms with van der Waals surface area (Å²) in [7, 11) is 0.987. The third-order valence-electron chi connectivity index (χ3n) is 6.26. The van der Waals surface area contributed by atoms with Gasteiger partial charge in [0, 0.05) is 27.2 Å². The second kappa shape index (κ2) is 10.2. The van der Waals surface area contributed by atoms with Crippen LogP contribution in [0.3, 0.4) is 0 Å². The summed E-state index contributed by atoms with van der Waals surface area (Å²) >= 11 is 0. The monoisotopic (exact) mass is 562 g/mol. The van der Waals surface area contributed by atoms with Crippen molar-refractivity contribution in [1.29, 1.82) is 0 Å². The van der Waals surface area contributed by atoms with Crippen molar-refractivity contribution < 1.29 is 4.74 Å². The van der Waals surface area contributed by atoms with E-state index in [1.54, 1.807) is 0 Å². The van der Waals surface area contributed by atoms with Crippen LogP contribution >= 0.6 is 31.8 Å².